The maximum Gasteiger partial charge on any atom is 0.275 e. The van der Waals surface area contributed by atoms with E-state index in [1.165, 1.54) is 0 Å². The van der Waals surface area contributed by atoms with Crippen LogP contribution in [0.5, 0.6) is 0 Å². The summed E-state index contributed by atoms with van der Waals surface area (Å²) in [5, 5.41) is 0. The Bertz CT molecular complexity index is 134. The molecule has 0 heterocycles. The highest BCUT2D eigenvalue weighted by molar-refractivity contribution is 7.58. The second-order valence-corrected chi connectivity index (χ2v) is 23.6. The largest absolute Gasteiger partial charge is 0.275 e. The average Bonchev–Trinajstić information content (AvgIpc) is 1.49. The standard InChI is InChI=1S/C4H10Cl5Si3/c1-11(2,7)4(10(5)6)12(3,8)9/h4H,1-3H3. The minimum absolute atomic E-state index is 0.0108. The molecule has 0 saturated carbocycles. The molecule has 12 heavy (non-hydrogen) atoms. The maximum absolute atomic E-state index is 6.24. The molecule has 0 aromatic heterocycles. The lowest BCUT2D eigenvalue weighted by Crippen LogP contribution is -2.44. The highest BCUT2D eigenvalue weighted by atomic mass is 35.7. The molecule has 1 radical (unpaired) electrons. The van der Waals surface area contributed by atoms with E-state index in [4.69, 9.17) is 55.4 Å². The molecule has 1 unspecified atom stereocenters. The van der Waals surface area contributed by atoms with Crippen LogP contribution in [-0.4, -0.2) is 21.5 Å². The number of hydrogen-bond donors (Lipinski definition) is 0. The highest BCUT2D eigenvalue weighted by Gasteiger charge is 2.49. The van der Waals surface area contributed by atoms with Gasteiger partial charge < -0.3 is 0 Å². The van der Waals surface area contributed by atoms with Crippen molar-refractivity contribution < 1.29 is 0 Å². The molecule has 0 bridgehead atoms. The van der Waals surface area contributed by atoms with Gasteiger partial charge in [0.2, 0.25) is 6.69 Å². The van der Waals surface area contributed by atoms with Crippen LogP contribution in [0, 0.1) is 0 Å². The molecular weight excluding hydrogens is 310 g/mol. The normalized spacial score (nSPS) is 16.8. The second kappa shape index (κ2) is 4.75. The fourth-order valence-electron chi connectivity index (χ4n) is 1.05. The van der Waals surface area contributed by atoms with Gasteiger partial charge in [0.1, 0.15) is 0 Å². The smallest absolute Gasteiger partial charge is 0.168 e. The van der Waals surface area contributed by atoms with Crippen molar-refractivity contribution in [2.75, 3.05) is 0 Å². The van der Waals surface area contributed by atoms with E-state index < -0.39 is 21.5 Å². The minimum Gasteiger partial charge on any atom is -0.168 e. The van der Waals surface area contributed by atoms with Crippen LogP contribution in [0.25, 0.3) is 0 Å². The lowest BCUT2D eigenvalue weighted by atomic mass is 11.8. The SMILES string of the molecule is C[Si](C)(Cl)C([Si](Cl)Cl)[Si](C)(Cl)Cl. The molecule has 0 aromatic rings. The first-order chi connectivity index (χ1) is 5.07. The summed E-state index contributed by atoms with van der Waals surface area (Å²) in [6.45, 7) is 3.45. The summed E-state index contributed by atoms with van der Waals surface area (Å²) in [4.78, 5) is -0.0108. The van der Waals surface area contributed by atoms with Crippen molar-refractivity contribution in [3.05, 3.63) is 0 Å². The van der Waals surface area contributed by atoms with Crippen molar-refractivity contribution in [1.29, 1.82) is 0 Å². The monoisotopic (exact) mass is 317 g/mol. The Morgan fingerprint density at radius 1 is 1.00 bits per heavy atom. The van der Waals surface area contributed by atoms with Crippen molar-refractivity contribution in [2.24, 2.45) is 0 Å². The Labute approximate surface area is 101 Å². The maximum atomic E-state index is 6.24. The van der Waals surface area contributed by atoms with E-state index in [0.717, 1.165) is 0 Å². The summed E-state index contributed by atoms with van der Waals surface area (Å²) < 4.78 is 0. The molecule has 0 spiro atoms. The van der Waals surface area contributed by atoms with Crippen LogP contribution in [0.1, 0.15) is 0 Å². The molecule has 0 amide bonds. The predicted octanol–water partition coefficient (Wildman–Crippen LogP) is 4.39. The van der Waals surface area contributed by atoms with Gasteiger partial charge in [0.05, 0.1) is 0 Å². The zero-order valence-corrected chi connectivity index (χ0v) is 13.7. The quantitative estimate of drug-likeness (QED) is 0.534. The van der Waals surface area contributed by atoms with E-state index in [0.29, 0.717) is 0 Å². The summed E-state index contributed by atoms with van der Waals surface area (Å²) in [6.07, 6.45) is 0. The lowest BCUT2D eigenvalue weighted by molar-refractivity contribution is 1.59. The summed E-state index contributed by atoms with van der Waals surface area (Å²) in [5.74, 6) is 0. The first-order valence-electron chi connectivity index (χ1n) is 3.31. The van der Waals surface area contributed by atoms with Crippen LogP contribution in [0.15, 0.2) is 0 Å². The fraction of sp³-hybridized carbons (Fsp3) is 1.00. The van der Waals surface area contributed by atoms with Crippen molar-refractivity contribution in [3.63, 3.8) is 0 Å². The number of rotatable bonds is 3. The summed E-state index contributed by atoms with van der Waals surface area (Å²) in [6, 6.07) is 0. The molecule has 0 nitrogen and oxygen atoms in total. The molecule has 1 atom stereocenters. The molecule has 0 aliphatic heterocycles. The van der Waals surface area contributed by atoms with Gasteiger partial charge >= 0.3 is 0 Å². The van der Waals surface area contributed by atoms with Crippen LogP contribution in [0.3, 0.4) is 0 Å². The molecule has 0 saturated heterocycles. The Balaban J connectivity index is 4.70. The zero-order chi connectivity index (χ0) is 10.2. The van der Waals surface area contributed by atoms with Gasteiger partial charge in [-0.3, -0.25) is 0 Å². The van der Waals surface area contributed by atoms with Crippen LogP contribution in [0.4, 0.5) is 0 Å². The van der Waals surface area contributed by atoms with E-state index in [1.54, 1.807) is 0 Å². The van der Waals surface area contributed by atoms with Gasteiger partial charge in [0.25, 0.3) is 7.42 Å². The fourth-order valence-corrected chi connectivity index (χ4v) is 32.2. The molecule has 0 aliphatic carbocycles. The third-order valence-electron chi connectivity index (χ3n) is 1.41. The third-order valence-corrected chi connectivity index (χ3v) is 22.5. The molecule has 0 aliphatic rings. The zero-order valence-electron chi connectivity index (χ0n) is 6.97. The molecule has 0 fully saturated rings. The topological polar surface area (TPSA) is 0 Å². The number of halogens is 5. The van der Waals surface area contributed by atoms with Gasteiger partial charge in [-0.15, -0.1) is 44.3 Å². The van der Waals surface area contributed by atoms with Gasteiger partial charge in [-0.25, -0.2) is 0 Å². The molecule has 0 N–H and O–H groups in total. The predicted molar refractivity (Wildman–Crippen MR) is 67.9 cm³/mol. The van der Waals surface area contributed by atoms with E-state index in [9.17, 15) is 0 Å². The van der Waals surface area contributed by atoms with Crippen molar-refractivity contribution in [3.8, 4) is 0 Å². The van der Waals surface area contributed by atoms with Gasteiger partial charge in [-0.05, 0) is 6.55 Å². The molecular formula is C4H10Cl5Si3. The summed E-state index contributed by atoms with van der Waals surface area (Å²) in [5.41, 5.74) is 0. The van der Waals surface area contributed by atoms with Crippen molar-refractivity contribution in [2.45, 2.75) is 24.4 Å². The molecule has 0 aromatic carbocycles. The molecule has 8 heteroatoms. The van der Waals surface area contributed by atoms with Gasteiger partial charge in [0, 0.05) is 4.79 Å². The minimum atomic E-state index is -2.33. The first-order valence-corrected chi connectivity index (χ1v) is 15.6. The Morgan fingerprint density at radius 2 is 1.33 bits per heavy atom. The van der Waals surface area contributed by atoms with Gasteiger partial charge in [0.15, 0.2) is 7.38 Å². The number of hydrogen-bond acceptors (Lipinski definition) is 0. The molecule has 0 rings (SSSR count). The second-order valence-electron chi connectivity index (χ2n) is 3.24. The Morgan fingerprint density at radius 3 is 1.33 bits per heavy atom. The highest BCUT2D eigenvalue weighted by Crippen LogP contribution is 2.43. The van der Waals surface area contributed by atoms with Crippen molar-refractivity contribution >= 4 is 76.9 Å². The Hall–Kier alpha value is 2.10. The van der Waals surface area contributed by atoms with E-state index in [1.807, 2.05) is 19.6 Å². The van der Waals surface area contributed by atoms with Gasteiger partial charge in [-0.2, -0.15) is 11.1 Å². The molecule has 73 valence electrons. The summed E-state index contributed by atoms with van der Waals surface area (Å²) in [7, 11) is -3.45. The van der Waals surface area contributed by atoms with E-state index >= 15 is 0 Å². The summed E-state index contributed by atoms with van der Waals surface area (Å²) >= 11 is 30.2. The Kier molecular flexibility index (Phi) is 5.58. The van der Waals surface area contributed by atoms with Crippen LogP contribution in [-0.2, 0) is 0 Å². The van der Waals surface area contributed by atoms with Gasteiger partial charge in [-0.1, -0.05) is 13.1 Å². The third kappa shape index (κ3) is 4.55. The average molecular weight is 320 g/mol. The van der Waals surface area contributed by atoms with E-state index in [2.05, 4.69) is 0 Å². The van der Waals surface area contributed by atoms with Crippen LogP contribution < -0.4 is 0 Å². The van der Waals surface area contributed by atoms with Crippen LogP contribution >= 0.6 is 55.4 Å². The van der Waals surface area contributed by atoms with Crippen molar-refractivity contribution in [1.82, 2.24) is 0 Å². The van der Waals surface area contributed by atoms with E-state index in [-0.39, 0.29) is 4.79 Å². The lowest BCUT2D eigenvalue weighted by Gasteiger charge is -2.31. The van der Waals surface area contributed by atoms with Crippen LogP contribution in [0.2, 0.25) is 24.4 Å². The first kappa shape index (κ1) is 14.1.